The van der Waals surface area contributed by atoms with Crippen molar-refractivity contribution in [1.29, 1.82) is 0 Å². The van der Waals surface area contributed by atoms with E-state index < -0.39 is 0 Å². The molecule has 9 aromatic carbocycles. The summed E-state index contributed by atoms with van der Waals surface area (Å²) in [6.45, 7) is 21.4. The molecule has 1 unspecified atom stereocenters. The highest BCUT2D eigenvalue weighted by molar-refractivity contribution is 6.13. The summed E-state index contributed by atoms with van der Waals surface area (Å²) < 4.78 is 4.84. The summed E-state index contributed by atoms with van der Waals surface area (Å²) >= 11 is 0. The zero-order valence-electron chi connectivity index (χ0n) is 41.4. The minimum absolute atomic E-state index is 0.00744. The molecule has 2 heterocycles. The van der Waals surface area contributed by atoms with Gasteiger partial charge in [0.1, 0.15) is 0 Å². The molecule has 0 radical (unpaired) electrons. The molecular formula is C67H60N2. The maximum absolute atomic E-state index is 2.57. The van der Waals surface area contributed by atoms with Crippen LogP contribution in [0.2, 0.25) is 0 Å². The number of para-hydroxylation sites is 3. The van der Waals surface area contributed by atoms with Crippen LogP contribution in [0.3, 0.4) is 0 Å². The average molecular weight is 893 g/mol. The van der Waals surface area contributed by atoms with Crippen molar-refractivity contribution in [2.45, 2.75) is 78.6 Å². The molecule has 1 atom stereocenters. The van der Waals surface area contributed by atoms with Gasteiger partial charge in [-0.05, 0) is 144 Å². The Morgan fingerprint density at radius 2 is 0.797 bits per heavy atom. The molecule has 0 saturated carbocycles. The van der Waals surface area contributed by atoms with Crippen molar-refractivity contribution in [3.8, 4) is 44.8 Å². The number of hydrogen-bond donors (Lipinski definition) is 0. The lowest BCUT2D eigenvalue weighted by atomic mass is 9.57. The van der Waals surface area contributed by atoms with E-state index in [0.717, 1.165) is 5.69 Å². The topological polar surface area (TPSA) is 9.86 Å². The largest absolute Gasteiger partial charge is 0.309 e. The van der Waals surface area contributed by atoms with Crippen molar-refractivity contribution in [3.63, 3.8) is 0 Å². The third kappa shape index (κ3) is 6.52. The highest BCUT2D eigenvalue weighted by Crippen LogP contribution is 2.63. The van der Waals surface area contributed by atoms with Gasteiger partial charge < -0.3 is 9.13 Å². The molecule has 2 heteroatoms. The molecule has 2 nitrogen and oxygen atoms in total. The first kappa shape index (κ1) is 42.9. The average Bonchev–Trinajstić information content (AvgIpc) is 3.97. The fourth-order valence-electron chi connectivity index (χ4n) is 12.0. The molecule has 0 aliphatic heterocycles. The molecule has 0 amide bonds. The van der Waals surface area contributed by atoms with Gasteiger partial charge in [-0.1, -0.05) is 196 Å². The first-order chi connectivity index (χ1) is 33.1. The summed E-state index contributed by atoms with van der Waals surface area (Å²) in [5.74, 6) is 0. The van der Waals surface area contributed by atoms with Gasteiger partial charge in [-0.2, -0.15) is 0 Å². The van der Waals surface area contributed by atoms with Gasteiger partial charge >= 0.3 is 0 Å². The second kappa shape index (κ2) is 15.3. The minimum atomic E-state index is -0.370. The molecule has 12 rings (SSSR count). The van der Waals surface area contributed by atoms with E-state index in [1.807, 2.05) is 0 Å². The molecule has 2 aromatic heterocycles. The van der Waals surface area contributed by atoms with Crippen molar-refractivity contribution < 1.29 is 0 Å². The highest BCUT2D eigenvalue weighted by Gasteiger charge is 2.53. The molecule has 338 valence electrons. The standard InChI is InChI=1S/C67H60N2/c1-64(2,3)47-32-35-53-57(41-47)67(66(7,8)9,46-20-12-10-13-21-46)58-42-48(65(4,5)6)40-54(63(53)58)43-28-33-50(34-29-43)69-60-27-19-17-25-52(60)56-39-45(31-37-62(56)69)44-30-36-61-55(38-44)51-24-16-18-26-59(51)68(61)49-22-14-11-15-23-49/h10-42H,1-9H3. The van der Waals surface area contributed by atoms with Gasteiger partial charge in [0.15, 0.2) is 0 Å². The molecule has 11 aromatic rings. The molecule has 0 fully saturated rings. The third-order valence-corrected chi connectivity index (χ3v) is 15.4. The van der Waals surface area contributed by atoms with E-state index in [4.69, 9.17) is 0 Å². The number of fused-ring (bicyclic) bond motifs is 9. The molecule has 1 aliphatic carbocycles. The summed E-state index contributed by atoms with van der Waals surface area (Å²) in [5.41, 5.74) is 21.1. The van der Waals surface area contributed by atoms with Crippen molar-refractivity contribution in [2.24, 2.45) is 5.41 Å². The SMILES string of the molecule is CC(C)(C)c1ccc2c(c1)C(c1ccccc1)(C(C)(C)C)c1cc(C(C)(C)C)cc(-c3ccc(-n4c5ccccc5c5cc(-c6ccc7c(c6)c6ccccc6n7-c6ccccc6)ccc54)cc3)c1-2. The Labute approximate surface area is 407 Å². The molecule has 0 N–H and O–H groups in total. The smallest absolute Gasteiger partial charge is 0.0541 e. The molecule has 0 bridgehead atoms. The highest BCUT2D eigenvalue weighted by atomic mass is 15.0. The predicted octanol–water partition coefficient (Wildman–Crippen LogP) is 18.2. The Morgan fingerprint density at radius 3 is 1.33 bits per heavy atom. The van der Waals surface area contributed by atoms with E-state index in [9.17, 15) is 0 Å². The second-order valence-corrected chi connectivity index (χ2v) is 22.6. The van der Waals surface area contributed by atoms with E-state index in [-0.39, 0.29) is 21.7 Å². The van der Waals surface area contributed by atoms with Crippen LogP contribution in [-0.2, 0) is 16.2 Å². The monoisotopic (exact) mass is 892 g/mol. The first-order valence-electron chi connectivity index (χ1n) is 24.8. The van der Waals surface area contributed by atoms with E-state index in [2.05, 4.69) is 272 Å². The fraction of sp³-hybridized carbons (Fsp3) is 0.194. The van der Waals surface area contributed by atoms with E-state index in [1.54, 1.807) is 0 Å². The van der Waals surface area contributed by atoms with Crippen LogP contribution in [0.15, 0.2) is 200 Å². The van der Waals surface area contributed by atoms with Gasteiger partial charge in [0.05, 0.1) is 27.5 Å². The summed E-state index contributed by atoms with van der Waals surface area (Å²) in [6, 6.07) is 75.6. The van der Waals surface area contributed by atoms with Crippen LogP contribution in [-0.4, -0.2) is 9.13 Å². The van der Waals surface area contributed by atoms with Crippen LogP contribution in [0, 0.1) is 5.41 Å². The quantitative estimate of drug-likeness (QED) is 0.163. The number of hydrogen-bond acceptors (Lipinski definition) is 0. The van der Waals surface area contributed by atoms with E-state index >= 15 is 0 Å². The van der Waals surface area contributed by atoms with Crippen molar-refractivity contribution in [2.75, 3.05) is 0 Å². The summed E-state index contributed by atoms with van der Waals surface area (Å²) in [5, 5.41) is 5.02. The van der Waals surface area contributed by atoms with Crippen molar-refractivity contribution in [3.05, 3.63) is 228 Å². The zero-order valence-corrected chi connectivity index (χ0v) is 41.4. The zero-order chi connectivity index (χ0) is 47.6. The Hall–Kier alpha value is -7.42. The van der Waals surface area contributed by atoms with Crippen molar-refractivity contribution in [1.82, 2.24) is 9.13 Å². The number of benzene rings is 9. The molecule has 0 spiro atoms. The van der Waals surface area contributed by atoms with E-state index in [1.165, 1.54) is 110 Å². The molecular weight excluding hydrogens is 833 g/mol. The first-order valence-corrected chi connectivity index (χ1v) is 24.8. The second-order valence-electron chi connectivity index (χ2n) is 22.6. The summed E-state index contributed by atoms with van der Waals surface area (Å²) in [7, 11) is 0. The van der Waals surface area contributed by atoms with Crippen LogP contribution >= 0.6 is 0 Å². The van der Waals surface area contributed by atoms with Gasteiger partial charge in [-0.25, -0.2) is 0 Å². The van der Waals surface area contributed by atoms with Gasteiger partial charge in [0, 0.05) is 32.9 Å². The minimum Gasteiger partial charge on any atom is -0.309 e. The van der Waals surface area contributed by atoms with Gasteiger partial charge in [0.2, 0.25) is 0 Å². The third-order valence-electron chi connectivity index (χ3n) is 15.4. The predicted molar refractivity (Wildman–Crippen MR) is 295 cm³/mol. The Morgan fingerprint density at radius 1 is 0.333 bits per heavy atom. The van der Waals surface area contributed by atoms with Gasteiger partial charge in [-0.3, -0.25) is 0 Å². The Bertz CT molecular complexity index is 3800. The number of aromatic nitrogens is 2. The maximum atomic E-state index is 2.57. The van der Waals surface area contributed by atoms with Crippen LogP contribution in [0.25, 0.3) is 88.4 Å². The summed E-state index contributed by atoms with van der Waals surface area (Å²) in [4.78, 5) is 0. The van der Waals surface area contributed by atoms with Crippen LogP contribution in [0.1, 0.15) is 90.1 Å². The summed E-state index contributed by atoms with van der Waals surface area (Å²) in [6.07, 6.45) is 0. The number of nitrogens with zero attached hydrogens (tertiary/aromatic N) is 2. The Balaban J connectivity index is 1.01. The fourth-order valence-corrected chi connectivity index (χ4v) is 12.0. The maximum Gasteiger partial charge on any atom is 0.0541 e. The van der Waals surface area contributed by atoms with E-state index in [0.29, 0.717) is 0 Å². The van der Waals surface area contributed by atoms with Crippen LogP contribution < -0.4 is 0 Å². The van der Waals surface area contributed by atoms with Gasteiger partial charge in [-0.15, -0.1) is 0 Å². The molecule has 1 aliphatic rings. The number of rotatable bonds is 5. The molecule has 69 heavy (non-hydrogen) atoms. The van der Waals surface area contributed by atoms with Crippen LogP contribution in [0.5, 0.6) is 0 Å². The van der Waals surface area contributed by atoms with Crippen molar-refractivity contribution >= 4 is 43.6 Å². The lowest BCUT2D eigenvalue weighted by Crippen LogP contribution is -2.41. The van der Waals surface area contributed by atoms with Gasteiger partial charge in [0.25, 0.3) is 0 Å². The Kier molecular flexibility index (Phi) is 9.51. The van der Waals surface area contributed by atoms with Crippen LogP contribution in [0.4, 0.5) is 0 Å². The molecule has 0 saturated heterocycles. The lowest BCUT2D eigenvalue weighted by Gasteiger charge is -2.45. The normalized spacial score (nSPS) is 15.1. The lowest BCUT2D eigenvalue weighted by molar-refractivity contribution is 0.277.